The van der Waals surface area contributed by atoms with E-state index in [9.17, 15) is 9.59 Å². The zero-order chi connectivity index (χ0) is 16.2. The molecule has 0 radical (unpaired) electrons. The Labute approximate surface area is 133 Å². The van der Waals surface area contributed by atoms with Gasteiger partial charge in [-0.05, 0) is 12.1 Å². The van der Waals surface area contributed by atoms with Crippen molar-refractivity contribution in [3.63, 3.8) is 0 Å². The highest BCUT2D eigenvalue weighted by atomic mass is 16.8. The number of rotatable bonds is 4. The summed E-state index contributed by atoms with van der Waals surface area (Å²) in [4.78, 5) is 29.3. The number of cyclic esters (lactones) is 2. The van der Waals surface area contributed by atoms with Gasteiger partial charge in [0.1, 0.15) is 12.3 Å². The second kappa shape index (κ2) is 6.48. The van der Waals surface area contributed by atoms with Crippen LogP contribution in [-0.2, 0) is 9.47 Å². The van der Waals surface area contributed by atoms with Crippen molar-refractivity contribution in [3.8, 4) is 11.3 Å². The molecular weight excluding hydrogens is 296 g/mol. The van der Waals surface area contributed by atoms with Gasteiger partial charge in [-0.15, -0.1) is 0 Å². The number of aromatic nitrogens is 1. The van der Waals surface area contributed by atoms with Crippen LogP contribution in [0.15, 0.2) is 48.5 Å². The van der Waals surface area contributed by atoms with Crippen molar-refractivity contribution in [1.29, 1.82) is 0 Å². The van der Waals surface area contributed by atoms with Crippen molar-refractivity contribution in [3.05, 3.63) is 54.2 Å². The van der Waals surface area contributed by atoms with Gasteiger partial charge in [0, 0.05) is 12.6 Å². The Bertz CT molecular complexity index is 718. The summed E-state index contributed by atoms with van der Waals surface area (Å²) in [7, 11) is 1.64. The maximum absolute atomic E-state index is 12.5. The molecule has 1 aliphatic rings. The first-order valence-corrected chi connectivity index (χ1v) is 7.25. The number of hydrogen-bond donors (Lipinski definition) is 0. The lowest BCUT2D eigenvalue weighted by molar-refractivity contribution is 0.0687. The fourth-order valence-corrected chi connectivity index (χ4v) is 2.36. The van der Waals surface area contributed by atoms with Gasteiger partial charge in [0.2, 0.25) is 0 Å². The number of carbonyl (C=O) groups is 2. The summed E-state index contributed by atoms with van der Waals surface area (Å²) < 4.78 is 9.65. The zero-order valence-corrected chi connectivity index (χ0v) is 12.6. The van der Waals surface area contributed by atoms with E-state index < -0.39 is 12.3 Å². The zero-order valence-electron chi connectivity index (χ0n) is 12.6. The fraction of sp³-hybridized carbons (Fsp3) is 0.235. The van der Waals surface area contributed by atoms with E-state index in [4.69, 9.17) is 9.47 Å². The molecule has 3 rings (SSSR count). The summed E-state index contributed by atoms with van der Waals surface area (Å²) in [6.45, 7) is 0.426. The summed E-state index contributed by atoms with van der Waals surface area (Å²) in [6, 6.07) is 15.0. The average molecular weight is 312 g/mol. The minimum atomic E-state index is -0.694. The van der Waals surface area contributed by atoms with Crippen LogP contribution in [0.25, 0.3) is 11.3 Å². The van der Waals surface area contributed by atoms with E-state index in [0.29, 0.717) is 5.69 Å². The highest BCUT2D eigenvalue weighted by Gasteiger charge is 2.28. The molecule has 0 bridgehead atoms. The molecule has 6 nitrogen and oxygen atoms in total. The van der Waals surface area contributed by atoms with Gasteiger partial charge in [0.25, 0.3) is 5.91 Å². The molecule has 1 aromatic heterocycles. The van der Waals surface area contributed by atoms with Gasteiger partial charge >= 0.3 is 6.16 Å². The molecule has 1 saturated heterocycles. The van der Waals surface area contributed by atoms with Crippen LogP contribution >= 0.6 is 0 Å². The van der Waals surface area contributed by atoms with Crippen molar-refractivity contribution in [2.75, 3.05) is 20.2 Å². The predicted molar refractivity (Wildman–Crippen MR) is 82.9 cm³/mol. The second-order valence-corrected chi connectivity index (χ2v) is 5.26. The van der Waals surface area contributed by atoms with Crippen LogP contribution in [0.2, 0.25) is 0 Å². The normalized spacial score (nSPS) is 16.6. The molecular formula is C17H16N2O4. The van der Waals surface area contributed by atoms with Gasteiger partial charge in [0.15, 0.2) is 6.10 Å². The van der Waals surface area contributed by atoms with Crippen molar-refractivity contribution < 1.29 is 19.1 Å². The molecule has 0 aliphatic carbocycles. The molecule has 118 valence electrons. The van der Waals surface area contributed by atoms with Gasteiger partial charge in [0.05, 0.1) is 12.2 Å². The first-order chi connectivity index (χ1) is 11.1. The first kappa shape index (κ1) is 15.0. The van der Waals surface area contributed by atoms with Crippen LogP contribution in [0, 0.1) is 0 Å². The topological polar surface area (TPSA) is 68.7 Å². The molecule has 1 unspecified atom stereocenters. The Hall–Kier alpha value is -2.89. The molecule has 1 amide bonds. The minimum absolute atomic E-state index is 0.161. The summed E-state index contributed by atoms with van der Waals surface area (Å²) in [5.41, 5.74) is 2.03. The van der Waals surface area contributed by atoms with Crippen LogP contribution in [-0.4, -0.2) is 48.2 Å². The Kier molecular flexibility index (Phi) is 4.23. The number of amides is 1. The highest BCUT2D eigenvalue weighted by Crippen LogP contribution is 2.17. The monoisotopic (exact) mass is 312 g/mol. The number of hydrogen-bond acceptors (Lipinski definition) is 5. The van der Waals surface area contributed by atoms with E-state index in [1.807, 2.05) is 36.4 Å². The molecule has 1 atom stereocenters. The number of likely N-dealkylation sites (N-methyl/N-ethyl adjacent to an activating group) is 1. The Balaban J connectivity index is 1.73. The van der Waals surface area contributed by atoms with Crippen LogP contribution in [0.5, 0.6) is 0 Å². The molecule has 1 aliphatic heterocycles. The molecule has 0 N–H and O–H groups in total. The van der Waals surface area contributed by atoms with E-state index in [-0.39, 0.29) is 19.1 Å². The van der Waals surface area contributed by atoms with Crippen LogP contribution in [0.4, 0.5) is 4.79 Å². The lowest BCUT2D eigenvalue weighted by Gasteiger charge is -2.19. The standard InChI is InChI=1S/C17H16N2O4/c1-19(10-13-11-22-17(21)23-13)16(20)15-9-5-8-14(18-15)12-6-3-2-4-7-12/h2-9,13H,10-11H2,1H3. The lowest BCUT2D eigenvalue weighted by Crippen LogP contribution is -2.35. The van der Waals surface area contributed by atoms with E-state index in [0.717, 1.165) is 11.3 Å². The van der Waals surface area contributed by atoms with Crippen molar-refractivity contribution >= 4 is 12.1 Å². The van der Waals surface area contributed by atoms with Gasteiger partial charge in [-0.2, -0.15) is 0 Å². The van der Waals surface area contributed by atoms with E-state index in [1.165, 1.54) is 4.90 Å². The van der Waals surface area contributed by atoms with E-state index in [1.54, 1.807) is 19.2 Å². The number of carbonyl (C=O) groups excluding carboxylic acids is 2. The van der Waals surface area contributed by atoms with Crippen LogP contribution in [0.3, 0.4) is 0 Å². The highest BCUT2D eigenvalue weighted by molar-refractivity contribution is 5.92. The summed E-state index contributed by atoms with van der Waals surface area (Å²) in [5, 5.41) is 0. The number of ether oxygens (including phenoxy) is 2. The third kappa shape index (κ3) is 3.48. The van der Waals surface area contributed by atoms with E-state index >= 15 is 0 Å². The Morgan fingerprint density at radius 3 is 2.70 bits per heavy atom. The second-order valence-electron chi connectivity index (χ2n) is 5.26. The molecule has 0 spiro atoms. The molecule has 1 aromatic carbocycles. The lowest BCUT2D eigenvalue weighted by atomic mass is 10.1. The molecule has 1 fully saturated rings. The first-order valence-electron chi connectivity index (χ1n) is 7.25. The maximum Gasteiger partial charge on any atom is 0.508 e. The third-order valence-corrected chi connectivity index (χ3v) is 3.51. The predicted octanol–water partition coefficient (Wildman–Crippen LogP) is 2.36. The third-order valence-electron chi connectivity index (χ3n) is 3.51. The number of benzene rings is 1. The average Bonchev–Trinajstić information content (AvgIpc) is 3.00. The molecule has 2 heterocycles. The Morgan fingerprint density at radius 2 is 2.00 bits per heavy atom. The number of nitrogens with zero attached hydrogens (tertiary/aromatic N) is 2. The minimum Gasteiger partial charge on any atom is -0.430 e. The molecule has 2 aromatic rings. The summed E-state index contributed by atoms with van der Waals surface area (Å²) in [5.74, 6) is -0.231. The summed E-state index contributed by atoms with van der Waals surface area (Å²) >= 11 is 0. The largest absolute Gasteiger partial charge is 0.508 e. The van der Waals surface area contributed by atoms with Crippen LogP contribution in [0.1, 0.15) is 10.5 Å². The maximum atomic E-state index is 12.5. The molecule has 23 heavy (non-hydrogen) atoms. The van der Waals surface area contributed by atoms with Crippen molar-refractivity contribution in [2.45, 2.75) is 6.10 Å². The smallest absolute Gasteiger partial charge is 0.430 e. The SMILES string of the molecule is CN(CC1COC(=O)O1)C(=O)c1cccc(-c2ccccc2)n1. The van der Waals surface area contributed by atoms with Gasteiger partial charge in [-0.25, -0.2) is 9.78 Å². The molecule has 6 heteroatoms. The van der Waals surface area contributed by atoms with Gasteiger partial charge in [-0.1, -0.05) is 36.4 Å². The molecule has 0 saturated carbocycles. The van der Waals surface area contributed by atoms with Crippen molar-refractivity contribution in [2.24, 2.45) is 0 Å². The fourth-order valence-electron chi connectivity index (χ4n) is 2.36. The summed E-state index contributed by atoms with van der Waals surface area (Å²) in [6.07, 6.45) is -1.13. The van der Waals surface area contributed by atoms with Crippen LogP contribution < -0.4 is 0 Å². The van der Waals surface area contributed by atoms with E-state index in [2.05, 4.69) is 4.98 Å². The Morgan fingerprint density at radius 1 is 1.22 bits per heavy atom. The quantitative estimate of drug-likeness (QED) is 0.811. The van der Waals surface area contributed by atoms with Crippen molar-refractivity contribution in [1.82, 2.24) is 9.88 Å². The van der Waals surface area contributed by atoms with Gasteiger partial charge in [-0.3, -0.25) is 4.79 Å². The number of pyridine rings is 1. The van der Waals surface area contributed by atoms with Gasteiger partial charge < -0.3 is 14.4 Å².